The van der Waals surface area contributed by atoms with Gasteiger partial charge in [0.1, 0.15) is 11.9 Å². The van der Waals surface area contributed by atoms with Crippen LogP contribution in [0.1, 0.15) is 47.9 Å². The summed E-state index contributed by atoms with van der Waals surface area (Å²) in [4.78, 5) is 28.7. The predicted octanol–water partition coefficient (Wildman–Crippen LogP) is 4.32. The highest BCUT2D eigenvalue weighted by atomic mass is 32.1. The summed E-state index contributed by atoms with van der Waals surface area (Å²) >= 11 is 0.853. The van der Waals surface area contributed by atoms with E-state index >= 15 is 0 Å². The van der Waals surface area contributed by atoms with E-state index in [1.165, 1.54) is 5.56 Å². The minimum absolute atomic E-state index is 0.156. The largest absolute Gasteiger partial charge is 0.493 e. The van der Waals surface area contributed by atoms with Gasteiger partial charge < -0.3 is 14.6 Å². The van der Waals surface area contributed by atoms with Crippen LogP contribution in [0, 0.1) is 0 Å². The average Bonchev–Trinajstić information content (AvgIpc) is 3.05. The van der Waals surface area contributed by atoms with Crippen LogP contribution in [0.4, 0.5) is 4.79 Å². The maximum Gasteiger partial charge on any atom is 0.424 e. The summed E-state index contributed by atoms with van der Waals surface area (Å²) in [5.74, 6) is 0.393. The molecule has 1 saturated carbocycles. The van der Waals surface area contributed by atoms with Crippen LogP contribution >= 0.6 is 11.3 Å². The van der Waals surface area contributed by atoms with E-state index in [0.717, 1.165) is 65.0 Å². The van der Waals surface area contributed by atoms with Gasteiger partial charge in [0.25, 0.3) is 0 Å². The molecule has 0 unspecified atom stereocenters. The van der Waals surface area contributed by atoms with Gasteiger partial charge in [-0.3, -0.25) is 9.78 Å². The van der Waals surface area contributed by atoms with E-state index in [1.807, 2.05) is 36.5 Å². The zero-order valence-electron chi connectivity index (χ0n) is 18.0. The van der Waals surface area contributed by atoms with Crippen molar-refractivity contribution in [3.8, 4) is 11.6 Å². The minimum atomic E-state index is -0.803. The lowest BCUT2D eigenvalue weighted by Crippen LogP contribution is -2.31. The Morgan fingerprint density at radius 1 is 1.19 bits per heavy atom. The number of rotatable bonds is 8. The van der Waals surface area contributed by atoms with Crippen LogP contribution in [0.3, 0.4) is 0 Å². The van der Waals surface area contributed by atoms with E-state index in [4.69, 9.17) is 9.47 Å². The van der Waals surface area contributed by atoms with Crippen molar-refractivity contribution >= 4 is 17.4 Å². The van der Waals surface area contributed by atoms with Crippen molar-refractivity contribution in [3.63, 3.8) is 0 Å². The maximum atomic E-state index is 12.2. The zero-order valence-corrected chi connectivity index (χ0v) is 18.8. The molecule has 0 bridgehead atoms. The summed E-state index contributed by atoms with van der Waals surface area (Å²) in [5, 5.41) is 10.4. The number of carbonyl (C=O) groups is 1. The van der Waals surface area contributed by atoms with Gasteiger partial charge in [0.15, 0.2) is 0 Å². The highest BCUT2D eigenvalue weighted by Crippen LogP contribution is 2.27. The quantitative estimate of drug-likeness (QED) is 0.545. The van der Waals surface area contributed by atoms with Crippen molar-refractivity contribution in [1.29, 1.82) is 0 Å². The molecule has 7 nitrogen and oxygen atoms in total. The molecule has 0 atom stereocenters. The number of hydrogen-bond donors (Lipinski definition) is 1. The van der Waals surface area contributed by atoms with E-state index in [-0.39, 0.29) is 12.0 Å². The lowest BCUT2D eigenvalue weighted by molar-refractivity contribution is 0.0519. The standard InChI is InChI=1S/C24H26N2O5S/c1-2-16-6-9-18(25-15-16)12-13-30-19-10-7-17(8-11-19)14-21-22(27)26(24(29)32-21)23(28)31-20-4-3-5-20/h6-11,15,20,27H,2-5,12-14H2,1H3. The molecule has 1 N–H and O–H groups in total. The molecule has 0 saturated heterocycles. The van der Waals surface area contributed by atoms with Gasteiger partial charge in [0.05, 0.1) is 11.5 Å². The van der Waals surface area contributed by atoms with E-state index in [0.29, 0.717) is 17.9 Å². The van der Waals surface area contributed by atoms with E-state index in [9.17, 15) is 14.7 Å². The first-order valence-electron chi connectivity index (χ1n) is 10.8. The molecule has 1 aliphatic rings. The molecule has 4 rings (SSSR count). The van der Waals surface area contributed by atoms with Gasteiger partial charge in [0.2, 0.25) is 5.88 Å². The fraction of sp³-hybridized carbons (Fsp3) is 0.375. The molecule has 1 aromatic carbocycles. The smallest absolute Gasteiger partial charge is 0.424 e. The number of aromatic nitrogens is 2. The Balaban J connectivity index is 1.32. The second-order valence-electron chi connectivity index (χ2n) is 7.82. The SMILES string of the molecule is CCc1ccc(CCOc2ccc(Cc3sc(=O)n(C(=O)OC4CCC4)c3O)cc2)nc1. The van der Waals surface area contributed by atoms with Crippen molar-refractivity contribution in [1.82, 2.24) is 9.55 Å². The molecular weight excluding hydrogens is 428 g/mol. The summed E-state index contributed by atoms with van der Waals surface area (Å²) in [6.07, 6.45) is 5.58. The number of ether oxygens (including phenoxy) is 2. The molecule has 1 aliphatic carbocycles. The van der Waals surface area contributed by atoms with Gasteiger partial charge >= 0.3 is 11.0 Å². The van der Waals surface area contributed by atoms with Gasteiger partial charge in [-0.1, -0.05) is 36.5 Å². The predicted molar refractivity (Wildman–Crippen MR) is 122 cm³/mol. The Bertz CT molecular complexity index is 1110. The Morgan fingerprint density at radius 3 is 2.56 bits per heavy atom. The van der Waals surface area contributed by atoms with Gasteiger partial charge in [-0.2, -0.15) is 4.57 Å². The molecule has 32 heavy (non-hydrogen) atoms. The van der Waals surface area contributed by atoms with Crippen LogP contribution in [-0.4, -0.2) is 33.5 Å². The molecule has 3 aromatic rings. The molecule has 0 radical (unpaired) electrons. The Labute approximate surface area is 190 Å². The Morgan fingerprint density at radius 2 is 1.94 bits per heavy atom. The Kier molecular flexibility index (Phi) is 6.90. The van der Waals surface area contributed by atoms with Crippen molar-refractivity contribution in [2.75, 3.05) is 6.61 Å². The van der Waals surface area contributed by atoms with Crippen molar-refractivity contribution in [2.24, 2.45) is 0 Å². The van der Waals surface area contributed by atoms with Gasteiger partial charge in [-0.05, 0) is 55.0 Å². The van der Waals surface area contributed by atoms with Crippen LogP contribution in [0.25, 0.3) is 0 Å². The number of carbonyl (C=O) groups excluding carboxylic acids is 1. The van der Waals surface area contributed by atoms with E-state index in [2.05, 4.69) is 18.0 Å². The van der Waals surface area contributed by atoms with Crippen LogP contribution in [0.5, 0.6) is 11.6 Å². The molecule has 8 heteroatoms. The lowest BCUT2D eigenvalue weighted by atomic mass is 9.96. The van der Waals surface area contributed by atoms with E-state index in [1.54, 1.807) is 0 Å². The minimum Gasteiger partial charge on any atom is -0.493 e. The highest BCUT2D eigenvalue weighted by molar-refractivity contribution is 7.09. The third-order valence-electron chi connectivity index (χ3n) is 5.57. The Hall–Kier alpha value is -3.13. The first kappa shape index (κ1) is 22.1. The zero-order chi connectivity index (χ0) is 22.5. The lowest BCUT2D eigenvalue weighted by Gasteiger charge is -2.24. The van der Waals surface area contributed by atoms with Crippen LogP contribution in [-0.2, 0) is 24.0 Å². The summed E-state index contributed by atoms with van der Waals surface area (Å²) in [6, 6.07) is 11.6. The van der Waals surface area contributed by atoms with Gasteiger partial charge in [-0.25, -0.2) is 4.79 Å². The number of thiazole rings is 1. The first-order chi connectivity index (χ1) is 15.5. The number of benzene rings is 1. The molecule has 2 heterocycles. The van der Waals surface area contributed by atoms with Crippen molar-refractivity contribution < 1.29 is 19.4 Å². The van der Waals surface area contributed by atoms with Crippen LogP contribution < -0.4 is 9.61 Å². The molecule has 2 aromatic heterocycles. The molecule has 0 amide bonds. The number of nitrogens with zero attached hydrogens (tertiary/aromatic N) is 2. The highest BCUT2D eigenvalue weighted by Gasteiger charge is 2.26. The first-order valence-corrected chi connectivity index (χ1v) is 11.7. The van der Waals surface area contributed by atoms with Gasteiger partial charge in [0, 0.05) is 24.7 Å². The number of aromatic hydroxyl groups is 1. The second-order valence-corrected chi connectivity index (χ2v) is 8.86. The maximum absolute atomic E-state index is 12.2. The molecule has 0 spiro atoms. The fourth-order valence-electron chi connectivity index (χ4n) is 3.34. The molecular formula is C24H26N2O5S. The molecule has 0 aliphatic heterocycles. The normalized spacial score (nSPS) is 13.5. The number of aryl methyl sites for hydroxylation is 1. The number of pyridine rings is 1. The van der Waals surface area contributed by atoms with Crippen molar-refractivity contribution in [3.05, 3.63) is 74.0 Å². The van der Waals surface area contributed by atoms with Gasteiger partial charge in [-0.15, -0.1) is 0 Å². The monoisotopic (exact) mass is 454 g/mol. The second kappa shape index (κ2) is 9.99. The fourth-order valence-corrected chi connectivity index (χ4v) is 4.23. The third kappa shape index (κ3) is 5.19. The summed E-state index contributed by atoms with van der Waals surface area (Å²) in [6.45, 7) is 2.62. The number of hydrogen-bond acceptors (Lipinski definition) is 7. The van der Waals surface area contributed by atoms with Crippen LogP contribution in [0.15, 0.2) is 47.4 Å². The van der Waals surface area contributed by atoms with Crippen LogP contribution in [0.2, 0.25) is 0 Å². The third-order valence-corrected chi connectivity index (χ3v) is 6.50. The van der Waals surface area contributed by atoms with Crippen molar-refractivity contribution in [2.45, 2.75) is 51.6 Å². The average molecular weight is 455 g/mol. The van der Waals surface area contributed by atoms with E-state index < -0.39 is 11.0 Å². The summed E-state index contributed by atoms with van der Waals surface area (Å²) < 4.78 is 11.8. The molecule has 168 valence electrons. The summed E-state index contributed by atoms with van der Waals surface area (Å²) in [5.41, 5.74) is 3.10. The topological polar surface area (TPSA) is 90.7 Å². The summed E-state index contributed by atoms with van der Waals surface area (Å²) in [7, 11) is 0. The molecule has 1 fully saturated rings.